The van der Waals surface area contributed by atoms with Crippen molar-refractivity contribution in [3.63, 3.8) is 0 Å². The van der Waals surface area contributed by atoms with E-state index in [1.165, 1.54) is 13.2 Å². The first-order valence-electron chi connectivity index (χ1n) is 10.0. The number of benzene rings is 1. The van der Waals surface area contributed by atoms with Gasteiger partial charge < -0.3 is 9.84 Å². The summed E-state index contributed by atoms with van der Waals surface area (Å²) in [6.45, 7) is 0. The summed E-state index contributed by atoms with van der Waals surface area (Å²) in [6.07, 6.45) is 3.66. The van der Waals surface area contributed by atoms with Gasteiger partial charge in [0, 0.05) is 33.2 Å². The molecule has 9 heteroatoms. The molecule has 2 N–H and O–H groups in total. The quantitative estimate of drug-likeness (QED) is 0.325. The summed E-state index contributed by atoms with van der Waals surface area (Å²) in [5.74, 6) is -3.56. The highest BCUT2D eigenvalue weighted by atomic mass is 79.9. The van der Waals surface area contributed by atoms with Crippen molar-refractivity contribution in [2.24, 2.45) is 17.8 Å². The molecule has 0 saturated carbocycles. The molecule has 1 heterocycles. The van der Waals surface area contributed by atoms with Gasteiger partial charge in [-0.1, -0.05) is 27.6 Å². The number of methoxy groups -OCH3 is 1. The molecule has 1 aromatic rings. The summed E-state index contributed by atoms with van der Waals surface area (Å²) in [5, 5.41) is 13.4. The van der Waals surface area contributed by atoms with Gasteiger partial charge in [0.15, 0.2) is 23.1 Å². The summed E-state index contributed by atoms with van der Waals surface area (Å²) >= 11 is 6.60. The number of phenolic OH excluding ortho intramolecular Hbond substituents is 1. The molecule has 3 aliphatic carbocycles. The highest BCUT2D eigenvalue weighted by molar-refractivity contribution is 9.12. The predicted octanol–water partition coefficient (Wildman–Crippen LogP) is 3.21. The number of carbonyl (C=O) groups is 4. The first kappa shape index (κ1) is 21.3. The molecule has 1 fully saturated rings. The molecular formula is C23H17Br2NO6. The van der Waals surface area contributed by atoms with Gasteiger partial charge in [-0.15, -0.1) is 0 Å². The Balaban J connectivity index is 1.77. The second-order valence-corrected chi connectivity index (χ2v) is 10.1. The Morgan fingerprint density at radius 2 is 1.84 bits per heavy atom. The third-order valence-corrected chi connectivity index (χ3v) is 7.82. The lowest BCUT2D eigenvalue weighted by Gasteiger charge is -2.42. The monoisotopic (exact) mass is 561 g/mol. The number of ether oxygens (including phenoxy) is 1. The largest absolute Gasteiger partial charge is 0.504 e. The number of rotatable bonds is 2. The maximum Gasteiger partial charge on any atom is 0.231 e. The van der Waals surface area contributed by atoms with Gasteiger partial charge in [-0.2, -0.15) is 0 Å². The molecule has 164 valence electrons. The highest BCUT2D eigenvalue weighted by Crippen LogP contribution is 2.56. The van der Waals surface area contributed by atoms with E-state index in [-0.39, 0.29) is 45.8 Å². The third kappa shape index (κ3) is 2.97. The van der Waals surface area contributed by atoms with Crippen molar-refractivity contribution in [2.45, 2.75) is 18.8 Å². The summed E-state index contributed by atoms with van der Waals surface area (Å²) in [6, 6.07) is 3.29. The van der Waals surface area contributed by atoms with Crippen LogP contribution in [0.5, 0.6) is 11.5 Å². The number of imide groups is 1. The Labute approximate surface area is 199 Å². The lowest BCUT2D eigenvalue weighted by Crippen LogP contribution is -2.39. The normalized spacial score (nSPS) is 29.1. The minimum atomic E-state index is -0.743. The molecule has 1 aliphatic heterocycles. The Bertz CT molecular complexity index is 1230. The van der Waals surface area contributed by atoms with Gasteiger partial charge in [-0.3, -0.25) is 24.5 Å². The second kappa shape index (κ2) is 7.52. The van der Waals surface area contributed by atoms with Crippen LogP contribution in [0.1, 0.15) is 24.3 Å². The number of aromatic hydroxyl groups is 1. The van der Waals surface area contributed by atoms with Crippen molar-refractivity contribution >= 4 is 55.2 Å². The van der Waals surface area contributed by atoms with E-state index in [0.29, 0.717) is 27.6 Å². The molecule has 4 unspecified atom stereocenters. The lowest BCUT2D eigenvalue weighted by molar-refractivity contribution is -0.126. The first-order valence-corrected chi connectivity index (χ1v) is 11.6. The standard InChI is InChI=1S/C23H17Br2NO6/c1-32-16-5-8(24)4-12(21(16)29)17-9-2-3-10-18(23(31)26-22(10)30)11(9)6-13-19(17)15(27)7-14(25)20(13)28/h2,4-5,7,10-11,17-18,29H,3,6H2,1H3,(H,26,30,31). The Kier molecular flexibility index (Phi) is 5.01. The van der Waals surface area contributed by atoms with Crippen LogP contribution in [0, 0.1) is 17.8 Å². The summed E-state index contributed by atoms with van der Waals surface area (Å²) in [4.78, 5) is 51.2. The molecule has 0 spiro atoms. The van der Waals surface area contributed by atoms with Gasteiger partial charge in [0.1, 0.15) is 0 Å². The molecule has 7 nitrogen and oxygen atoms in total. The van der Waals surface area contributed by atoms with E-state index in [1.54, 1.807) is 12.1 Å². The molecule has 4 aliphatic rings. The van der Waals surface area contributed by atoms with Gasteiger partial charge in [-0.25, -0.2) is 0 Å². The van der Waals surface area contributed by atoms with E-state index in [1.807, 2.05) is 6.08 Å². The van der Waals surface area contributed by atoms with Crippen LogP contribution in [0.3, 0.4) is 0 Å². The van der Waals surface area contributed by atoms with E-state index >= 15 is 0 Å². The van der Waals surface area contributed by atoms with Gasteiger partial charge in [0.25, 0.3) is 0 Å². The number of hydrogen-bond donors (Lipinski definition) is 2. The van der Waals surface area contributed by atoms with E-state index in [9.17, 15) is 24.3 Å². The molecule has 0 aromatic heterocycles. The average molecular weight is 563 g/mol. The number of carbonyl (C=O) groups excluding carboxylic acids is 4. The molecule has 1 saturated heterocycles. The summed E-state index contributed by atoms with van der Waals surface area (Å²) < 4.78 is 6.08. The fourth-order valence-electron chi connectivity index (χ4n) is 5.44. The van der Waals surface area contributed by atoms with Crippen LogP contribution in [-0.2, 0) is 19.2 Å². The van der Waals surface area contributed by atoms with Crippen LogP contribution in [0.15, 0.2) is 50.0 Å². The van der Waals surface area contributed by atoms with Crippen molar-refractivity contribution in [2.75, 3.05) is 7.11 Å². The zero-order valence-electron chi connectivity index (χ0n) is 16.8. The number of amides is 2. The molecule has 0 bridgehead atoms. The number of ketones is 2. The van der Waals surface area contributed by atoms with E-state index in [4.69, 9.17) is 4.74 Å². The Hall–Kier alpha value is -2.52. The number of Topliss-reactive ketones (excluding diaryl/α,β-unsaturated/α-hetero) is 1. The first-order chi connectivity index (χ1) is 15.2. The number of hydrogen-bond acceptors (Lipinski definition) is 6. The van der Waals surface area contributed by atoms with Gasteiger partial charge in [0.05, 0.1) is 23.4 Å². The molecule has 1 aromatic carbocycles. The molecule has 5 rings (SSSR count). The van der Waals surface area contributed by atoms with Crippen LogP contribution >= 0.6 is 31.9 Å². The fraction of sp³-hybridized carbons (Fsp3) is 0.304. The number of phenols is 1. The van der Waals surface area contributed by atoms with Crippen molar-refractivity contribution < 1.29 is 29.0 Å². The number of fused-ring (bicyclic) bond motifs is 3. The number of allylic oxidation sites excluding steroid dienone is 6. The van der Waals surface area contributed by atoms with Crippen LogP contribution in [-0.4, -0.2) is 35.6 Å². The van der Waals surface area contributed by atoms with Crippen LogP contribution < -0.4 is 10.1 Å². The van der Waals surface area contributed by atoms with E-state index < -0.39 is 23.7 Å². The zero-order chi connectivity index (χ0) is 22.9. The zero-order valence-corrected chi connectivity index (χ0v) is 19.9. The van der Waals surface area contributed by atoms with Gasteiger partial charge >= 0.3 is 0 Å². The SMILES string of the molecule is COc1cc(Br)cc(C2C3=CCC4C(=O)NC(=O)C4C3CC3=C2C(=O)C=C(Br)C3=O)c1O. The number of halogens is 2. The molecule has 2 amide bonds. The fourth-order valence-corrected chi connectivity index (χ4v) is 6.34. The average Bonchev–Trinajstić information content (AvgIpc) is 3.05. The topological polar surface area (TPSA) is 110 Å². The lowest BCUT2D eigenvalue weighted by atomic mass is 9.59. The summed E-state index contributed by atoms with van der Waals surface area (Å²) in [5.41, 5.74) is 1.76. The molecule has 0 radical (unpaired) electrons. The minimum Gasteiger partial charge on any atom is -0.504 e. The number of nitrogens with one attached hydrogen (secondary N) is 1. The predicted molar refractivity (Wildman–Crippen MR) is 120 cm³/mol. The maximum absolute atomic E-state index is 13.1. The van der Waals surface area contributed by atoms with Crippen LogP contribution in [0.4, 0.5) is 0 Å². The van der Waals surface area contributed by atoms with E-state index in [0.717, 1.165) is 5.57 Å². The molecule has 32 heavy (non-hydrogen) atoms. The van der Waals surface area contributed by atoms with Crippen LogP contribution in [0.2, 0.25) is 0 Å². The van der Waals surface area contributed by atoms with Crippen LogP contribution in [0.25, 0.3) is 0 Å². The third-order valence-electron chi connectivity index (χ3n) is 6.77. The van der Waals surface area contributed by atoms with Crippen molar-refractivity contribution in [1.82, 2.24) is 5.32 Å². The van der Waals surface area contributed by atoms with Gasteiger partial charge in [-0.05, 0) is 46.8 Å². The second-order valence-electron chi connectivity index (χ2n) is 8.29. The Morgan fingerprint density at radius 3 is 2.56 bits per heavy atom. The smallest absolute Gasteiger partial charge is 0.231 e. The molecule has 4 atom stereocenters. The maximum atomic E-state index is 13.1. The van der Waals surface area contributed by atoms with E-state index in [2.05, 4.69) is 37.2 Å². The molecular weight excluding hydrogens is 546 g/mol. The van der Waals surface area contributed by atoms with Gasteiger partial charge in [0.2, 0.25) is 11.8 Å². The van der Waals surface area contributed by atoms with Crippen molar-refractivity contribution in [1.29, 1.82) is 0 Å². The van der Waals surface area contributed by atoms with Crippen molar-refractivity contribution in [3.05, 3.63) is 55.5 Å². The van der Waals surface area contributed by atoms with Crippen molar-refractivity contribution in [3.8, 4) is 11.5 Å². The highest BCUT2D eigenvalue weighted by Gasteiger charge is 2.53. The summed E-state index contributed by atoms with van der Waals surface area (Å²) in [7, 11) is 1.42. The Morgan fingerprint density at radius 1 is 1.09 bits per heavy atom. The minimum absolute atomic E-state index is 0.142.